The van der Waals surface area contributed by atoms with Crippen LogP contribution in [0.25, 0.3) is 0 Å². The van der Waals surface area contributed by atoms with Gasteiger partial charge in [-0.15, -0.1) is 0 Å². The van der Waals surface area contributed by atoms with Crippen molar-refractivity contribution in [3.63, 3.8) is 0 Å². The smallest absolute Gasteiger partial charge is 0.261 e. The quantitative estimate of drug-likeness (QED) is 0.743. The molecule has 0 heterocycles. The van der Waals surface area contributed by atoms with Gasteiger partial charge in [0.05, 0.1) is 0 Å². The Morgan fingerprint density at radius 1 is 1.37 bits per heavy atom. The van der Waals surface area contributed by atoms with Gasteiger partial charge in [0.25, 0.3) is 6.43 Å². The Balaban J connectivity index is 2.48. The lowest BCUT2D eigenvalue weighted by atomic mass is 10.0. The molecular formula is C13H17ClF3NO. The second-order valence-corrected chi connectivity index (χ2v) is 4.55. The molecular weight excluding hydrogens is 279 g/mol. The third kappa shape index (κ3) is 5.80. The van der Waals surface area contributed by atoms with Crippen LogP contribution >= 0.6 is 11.6 Å². The average Bonchev–Trinajstić information content (AvgIpc) is 2.36. The maximum Gasteiger partial charge on any atom is 0.261 e. The summed E-state index contributed by atoms with van der Waals surface area (Å²) in [6.07, 6.45) is -1.57. The average molecular weight is 296 g/mol. The molecule has 0 radical (unpaired) electrons. The molecule has 0 aromatic heterocycles. The lowest BCUT2D eigenvalue weighted by molar-refractivity contribution is 0.0146. The number of rotatable bonds is 8. The van der Waals surface area contributed by atoms with E-state index in [9.17, 15) is 13.2 Å². The summed E-state index contributed by atoms with van der Waals surface area (Å²) in [6, 6.07) is 4.44. The van der Waals surface area contributed by atoms with Crippen molar-refractivity contribution in [2.45, 2.75) is 25.3 Å². The minimum Gasteiger partial charge on any atom is -0.375 e. The fourth-order valence-electron chi connectivity index (χ4n) is 1.72. The van der Waals surface area contributed by atoms with Gasteiger partial charge in [0.2, 0.25) is 0 Å². The minimum atomic E-state index is -2.46. The lowest BCUT2D eigenvalue weighted by Crippen LogP contribution is -2.29. The molecule has 0 aliphatic heterocycles. The summed E-state index contributed by atoms with van der Waals surface area (Å²) >= 11 is 5.94. The molecule has 1 aromatic carbocycles. The van der Waals surface area contributed by atoms with Gasteiger partial charge in [0, 0.05) is 23.2 Å². The number of ether oxygens (including phenoxy) is 1. The molecule has 0 amide bonds. The molecule has 0 spiro atoms. The highest BCUT2D eigenvalue weighted by Gasteiger charge is 2.14. The van der Waals surface area contributed by atoms with Crippen LogP contribution in [0.2, 0.25) is 5.02 Å². The SMILES string of the molecule is CNC(CCOCC(F)F)Cc1c(F)cccc1Cl. The Bertz CT molecular complexity index is 370. The minimum absolute atomic E-state index is 0.0768. The van der Waals surface area contributed by atoms with Crippen molar-refractivity contribution >= 4 is 11.6 Å². The standard InChI is InChI=1S/C13H17ClF3NO/c1-18-9(5-6-19-8-13(16)17)7-10-11(14)3-2-4-12(10)15/h2-4,9,13,18H,5-8H2,1H3. The van der Waals surface area contributed by atoms with Crippen molar-refractivity contribution in [1.29, 1.82) is 0 Å². The number of halogens is 4. The molecule has 0 aliphatic rings. The van der Waals surface area contributed by atoms with E-state index in [1.807, 2.05) is 0 Å². The van der Waals surface area contributed by atoms with Crippen LogP contribution in [-0.2, 0) is 11.2 Å². The summed E-state index contributed by atoms with van der Waals surface area (Å²) in [6.45, 7) is -0.376. The summed E-state index contributed by atoms with van der Waals surface area (Å²) in [5.74, 6) is -0.360. The molecule has 1 N–H and O–H groups in total. The van der Waals surface area contributed by atoms with Crippen LogP contribution < -0.4 is 5.32 Å². The van der Waals surface area contributed by atoms with E-state index in [2.05, 4.69) is 5.32 Å². The lowest BCUT2D eigenvalue weighted by Gasteiger charge is -2.17. The molecule has 0 saturated heterocycles. The van der Waals surface area contributed by atoms with Gasteiger partial charge in [0.1, 0.15) is 12.4 Å². The van der Waals surface area contributed by atoms with E-state index in [0.717, 1.165) is 0 Å². The molecule has 1 atom stereocenters. The summed E-state index contributed by atoms with van der Waals surface area (Å²) in [4.78, 5) is 0. The molecule has 0 bridgehead atoms. The first-order valence-electron chi connectivity index (χ1n) is 6.00. The van der Waals surface area contributed by atoms with Crippen molar-refractivity contribution < 1.29 is 17.9 Å². The maximum absolute atomic E-state index is 13.6. The van der Waals surface area contributed by atoms with E-state index < -0.39 is 13.0 Å². The van der Waals surface area contributed by atoms with Gasteiger partial charge in [0.15, 0.2) is 0 Å². The van der Waals surface area contributed by atoms with Gasteiger partial charge in [-0.1, -0.05) is 17.7 Å². The largest absolute Gasteiger partial charge is 0.375 e. The third-order valence-electron chi connectivity index (χ3n) is 2.77. The Kier molecular flexibility index (Phi) is 7.20. The molecule has 0 aliphatic carbocycles. The van der Waals surface area contributed by atoms with Gasteiger partial charge < -0.3 is 10.1 Å². The van der Waals surface area contributed by atoms with Crippen LogP contribution in [0.4, 0.5) is 13.2 Å². The van der Waals surface area contributed by atoms with E-state index >= 15 is 0 Å². The van der Waals surface area contributed by atoms with Crippen molar-refractivity contribution in [2.24, 2.45) is 0 Å². The number of nitrogens with one attached hydrogen (secondary N) is 1. The summed E-state index contributed by atoms with van der Waals surface area (Å²) in [7, 11) is 1.73. The van der Waals surface area contributed by atoms with E-state index in [1.54, 1.807) is 19.2 Å². The fraction of sp³-hybridized carbons (Fsp3) is 0.538. The first-order chi connectivity index (χ1) is 9.04. The predicted octanol–water partition coefficient (Wildman–Crippen LogP) is 3.28. The van der Waals surface area contributed by atoms with E-state index in [0.29, 0.717) is 23.4 Å². The number of hydrogen-bond acceptors (Lipinski definition) is 2. The highest BCUT2D eigenvalue weighted by atomic mass is 35.5. The zero-order chi connectivity index (χ0) is 14.3. The number of hydrogen-bond donors (Lipinski definition) is 1. The fourth-order valence-corrected chi connectivity index (χ4v) is 1.96. The highest BCUT2D eigenvalue weighted by Crippen LogP contribution is 2.21. The van der Waals surface area contributed by atoms with Crippen LogP contribution in [0.1, 0.15) is 12.0 Å². The molecule has 108 valence electrons. The highest BCUT2D eigenvalue weighted by molar-refractivity contribution is 6.31. The second-order valence-electron chi connectivity index (χ2n) is 4.14. The maximum atomic E-state index is 13.6. The van der Waals surface area contributed by atoms with Crippen LogP contribution in [0.5, 0.6) is 0 Å². The number of benzene rings is 1. The summed E-state index contributed by atoms with van der Waals surface area (Å²) in [5.41, 5.74) is 0.428. The van der Waals surface area contributed by atoms with Crippen molar-refractivity contribution in [1.82, 2.24) is 5.32 Å². The van der Waals surface area contributed by atoms with Crippen molar-refractivity contribution in [3.05, 3.63) is 34.6 Å². The predicted molar refractivity (Wildman–Crippen MR) is 69.4 cm³/mol. The summed E-state index contributed by atoms with van der Waals surface area (Å²) < 4.78 is 42.2. The molecule has 0 fully saturated rings. The first-order valence-corrected chi connectivity index (χ1v) is 6.38. The number of likely N-dealkylation sites (N-methyl/N-ethyl adjacent to an activating group) is 1. The molecule has 19 heavy (non-hydrogen) atoms. The Labute approximate surface area is 115 Å². The third-order valence-corrected chi connectivity index (χ3v) is 3.13. The van der Waals surface area contributed by atoms with Crippen LogP contribution in [-0.4, -0.2) is 32.7 Å². The van der Waals surface area contributed by atoms with Crippen molar-refractivity contribution in [2.75, 3.05) is 20.3 Å². The van der Waals surface area contributed by atoms with Crippen LogP contribution in [0.3, 0.4) is 0 Å². The topological polar surface area (TPSA) is 21.3 Å². The van der Waals surface area contributed by atoms with Gasteiger partial charge >= 0.3 is 0 Å². The van der Waals surface area contributed by atoms with Gasteiger partial charge in [-0.3, -0.25) is 0 Å². The van der Waals surface area contributed by atoms with E-state index in [4.69, 9.17) is 16.3 Å². The first kappa shape index (κ1) is 16.3. The van der Waals surface area contributed by atoms with Crippen LogP contribution in [0, 0.1) is 5.82 Å². The number of alkyl halides is 2. The van der Waals surface area contributed by atoms with Crippen molar-refractivity contribution in [3.8, 4) is 0 Å². The Morgan fingerprint density at radius 3 is 2.68 bits per heavy atom. The molecule has 1 rings (SSSR count). The molecule has 1 unspecified atom stereocenters. The van der Waals surface area contributed by atoms with E-state index in [-0.39, 0.29) is 18.5 Å². The Morgan fingerprint density at radius 2 is 2.11 bits per heavy atom. The second kappa shape index (κ2) is 8.40. The van der Waals surface area contributed by atoms with Gasteiger partial charge in [-0.25, -0.2) is 13.2 Å². The van der Waals surface area contributed by atoms with Gasteiger partial charge in [-0.2, -0.15) is 0 Å². The van der Waals surface area contributed by atoms with E-state index in [1.165, 1.54) is 6.07 Å². The summed E-state index contributed by atoms with van der Waals surface area (Å²) in [5, 5.41) is 3.37. The molecule has 1 aromatic rings. The zero-order valence-corrected chi connectivity index (χ0v) is 11.4. The molecule has 2 nitrogen and oxygen atoms in total. The van der Waals surface area contributed by atoms with Crippen LogP contribution in [0.15, 0.2) is 18.2 Å². The van der Waals surface area contributed by atoms with Gasteiger partial charge in [-0.05, 0) is 32.0 Å². The zero-order valence-electron chi connectivity index (χ0n) is 10.6. The normalized spacial score (nSPS) is 12.9. The monoisotopic (exact) mass is 295 g/mol. The Hall–Kier alpha value is -0.780. The molecule has 0 saturated carbocycles. The molecule has 6 heteroatoms.